The average molecular weight is 448 g/mol. The van der Waals surface area contributed by atoms with Crippen molar-refractivity contribution in [2.45, 2.75) is 47.1 Å². The Morgan fingerprint density at radius 1 is 1.35 bits per heavy atom. The Bertz CT molecular complexity index is 795. The van der Waals surface area contributed by atoms with Crippen LogP contribution in [0.1, 0.15) is 44.2 Å². The highest BCUT2D eigenvalue weighted by Crippen LogP contribution is 2.39. The summed E-state index contributed by atoms with van der Waals surface area (Å²) in [6.07, 6.45) is 3.08. The number of nitrogens with one attached hydrogen (secondary N) is 1. The minimum absolute atomic E-state index is 0. The molecule has 0 radical (unpaired) electrons. The molecule has 0 amide bonds. The molecule has 0 fully saturated rings. The zero-order valence-corrected chi connectivity index (χ0v) is 17.8. The highest BCUT2D eigenvalue weighted by atomic mass is 35.5. The van der Waals surface area contributed by atoms with Gasteiger partial charge < -0.3 is 10.4 Å². The lowest BCUT2D eigenvalue weighted by Gasteiger charge is -2.32. The van der Waals surface area contributed by atoms with Gasteiger partial charge >= 0.3 is 0 Å². The third-order valence-corrected chi connectivity index (χ3v) is 9.05. The Morgan fingerprint density at radius 2 is 2.00 bits per heavy atom. The molecule has 26 heavy (non-hydrogen) atoms. The summed E-state index contributed by atoms with van der Waals surface area (Å²) in [7, 11) is -7.67. The Morgan fingerprint density at radius 3 is 2.58 bits per heavy atom. The first-order valence-corrected chi connectivity index (χ1v) is 12.0. The molecule has 0 saturated carbocycles. The minimum atomic E-state index is -3.95. The molecule has 2 rings (SSSR count). The van der Waals surface area contributed by atoms with E-state index in [2.05, 4.69) is 5.32 Å². The van der Waals surface area contributed by atoms with E-state index in [-0.39, 0.29) is 40.0 Å². The number of halogens is 1. The van der Waals surface area contributed by atoms with E-state index < -0.39 is 20.0 Å². The molecule has 1 aliphatic heterocycles. The summed E-state index contributed by atoms with van der Waals surface area (Å²) < 4.78 is 50.3. The largest absolute Gasteiger partial charge is 0.396 e. The quantitative estimate of drug-likeness (QED) is 0.484. The van der Waals surface area contributed by atoms with Gasteiger partial charge in [-0.05, 0) is 25.5 Å². The number of primary sulfonamides is 1. The predicted molar refractivity (Wildman–Crippen MR) is 104 cm³/mol. The number of fused-ring (bicyclic) bond motifs is 1. The van der Waals surface area contributed by atoms with Gasteiger partial charge in [-0.3, -0.25) is 0 Å². The van der Waals surface area contributed by atoms with Crippen LogP contribution in [0.3, 0.4) is 0 Å². The molecule has 1 aromatic heterocycles. The van der Waals surface area contributed by atoms with Crippen molar-refractivity contribution in [3.05, 3.63) is 11.6 Å². The summed E-state index contributed by atoms with van der Waals surface area (Å²) in [6, 6.07) is 1.12. The second-order valence-electron chi connectivity index (χ2n) is 5.96. The molecule has 12 heteroatoms. The number of aliphatic hydroxyl groups is 1. The Balaban J connectivity index is 0.00000338. The molecule has 4 N–H and O–H groups in total. The minimum Gasteiger partial charge on any atom is -0.396 e. The normalized spacial score (nSPS) is 19.7. The van der Waals surface area contributed by atoms with Crippen LogP contribution in [-0.4, -0.2) is 52.5 Å². The van der Waals surface area contributed by atoms with Crippen molar-refractivity contribution >= 4 is 43.8 Å². The van der Waals surface area contributed by atoms with Crippen LogP contribution in [-0.2, 0) is 20.0 Å². The number of hydrogen-bond donors (Lipinski definition) is 3. The van der Waals surface area contributed by atoms with E-state index >= 15 is 0 Å². The standard InChI is InChI=1S/C14H25N3O5S3.ClH/c1-2-16-12-10-17(7-5-3-4-6-8-18)25(21,22)14-11(12)9-13(23-14)24(15,19)20;/h9,12,16,18H,2-8,10H2,1H3,(H2,15,19,20);1H/t12-;/m0./s1. The van der Waals surface area contributed by atoms with Crippen molar-refractivity contribution < 1.29 is 21.9 Å². The maximum atomic E-state index is 12.8. The number of likely N-dealkylation sites (N-methyl/N-ethyl adjacent to an activating group) is 1. The van der Waals surface area contributed by atoms with Crippen LogP contribution < -0.4 is 10.5 Å². The molecule has 2 heterocycles. The number of sulfonamides is 2. The van der Waals surface area contributed by atoms with Gasteiger partial charge in [0.25, 0.3) is 10.0 Å². The molecule has 0 saturated heterocycles. The maximum absolute atomic E-state index is 12.8. The average Bonchev–Trinajstić information content (AvgIpc) is 2.98. The maximum Gasteiger partial charge on any atom is 0.252 e. The molecule has 152 valence electrons. The van der Waals surface area contributed by atoms with E-state index in [1.165, 1.54) is 10.4 Å². The summed E-state index contributed by atoms with van der Waals surface area (Å²) in [6.45, 7) is 3.32. The highest BCUT2D eigenvalue weighted by molar-refractivity contribution is 7.94. The third-order valence-electron chi connectivity index (χ3n) is 4.08. The first-order valence-electron chi connectivity index (χ1n) is 8.22. The molecule has 1 aliphatic rings. The van der Waals surface area contributed by atoms with Gasteiger partial charge in [0.05, 0.1) is 0 Å². The molecule has 0 aliphatic carbocycles. The monoisotopic (exact) mass is 447 g/mol. The van der Waals surface area contributed by atoms with Gasteiger partial charge in [-0.15, -0.1) is 23.7 Å². The Labute approximate surface area is 165 Å². The van der Waals surface area contributed by atoms with Gasteiger partial charge in [0.2, 0.25) is 10.0 Å². The molecule has 0 spiro atoms. The summed E-state index contributed by atoms with van der Waals surface area (Å²) in [5.74, 6) is 0. The second kappa shape index (κ2) is 9.78. The molecule has 0 unspecified atom stereocenters. The Kier molecular flexibility index (Phi) is 8.94. The van der Waals surface area contributed by atoms with Crippen LogP contribution >= 0.6 is 23.7 Å². The molecule has 1 atom stereocenters. The van der Waals surface area contributed by atoms with Gasteiger partial charge in [-0.25, -0.2) is 22.0 Å². The number of nitrogens with zero attached hydrogens (tertiary/aromatic N) is 1. The van der Waals surface area contributed by atoms with Crippen LogP contribution in [0.5, 0.6) is 0 Å². The van der Waals surface area contributed by atoms with E-state index in [9.17, 15) is 16.8 Å². The van der Waals surface area contributed by atoms with E-state index in [0.717, 1.165) is 12.8 Å². The lowest BCUT2D eigenvalue weighted by molar-refractivity contribution is 0.280. The number of aliphatic hydroxyl groups excluding tert-OH is 1. The van der Waals surface area contributed by atoms with Gasteiger partial charge in [-0.1, -0.05) is 19.8 Å². The second-order valence-corrected chi connectivity index (χ2v) is 10.9. The fourth-order valence-electron chi connectivity index (χ4n) is 2.85. The van der Waals surface area contributed by atoms with Crippen molar-refractivity contribution in [3.8, 4) is 0 Å². The molecule has 0 bridgehead atoms. The smallest absolute Gasteiger partial charge is 0.252 e. The zero-order valence-electron chi connectivity index (χ0n) is 14.5. The Hall–Kier alpha value is -0.270. The van der Waals surface area contributed by atoms with E-state index in [0.29, 0.717) is 42.8 Å². The SMILES string of the molecule is CCN[C@H]1CN(CCCCCCO)S(=O)(=O)c2sc(S(N)(=O)=O)cc21.Cl. The third kappa shape index (κ3) is 5.38. The van der Waals surface area contributed by atoms with Gasteiger partial charge in [0, 0.05) is 31.3 Å². The summed E-state index contributed by atoms with van der Waals surface area (Å²) >= 11 is 0.714. The molecule has 0 aromatic carbocycles. The van der Waals surface area contributed by atoms with Gasteiger partial charge in [0.15, 0.2) is 0 Å². The topological polar surface area (TPSA) is 130 Å². The first kappa shape index (κ1) is 23.8. The van der Waals surface area contributed by atoms with Gasteiger partial charge in [-0.2, -0.15) is 4.31 Å². The predicted octanol–water partition coefficient (Wildman–Crippen LogP) is 1.02. The van der Waals surface area contributed by atoms with Crippen molar-refractivity contribution in [2.24, 2.45) is 5.14 Å². The van der Waals surface area contributed by atoms with Crippen molar-refractivity contribution in [1.29, 1.82) is 0 Å². The lowest BCUT2D eigenvalue weighted by atomic mass is 10.1. The molecule has 8 nitrogen and oxygen atoms in total. The highest BCUT2D eigenvalue weighted by Gasteiger charge is 2.39. The number of unbranched alkanes of at least 4 members (excludes halogenated alkanes) is 3. The summed E-state index contributed by atoms with van der Waals surface area (Å²) in [4.78, 5) is 0. The fourth-order valence-corrected chi connectivity index (χ4v) is 7.16. The van der Waals surface area contributed by atoms with E-state index in [1.54, 1.807) is 0 Å². The van der Waals surface area contributed by atoms with Crippen LogP contribution in [0.2, 0.25) is 0 Å². The van der Waals surface area contributed by atoms with Crippen molar-refractivity contribution in [2.75, 3.05) is 26.2 Å². The first-order chi connectivity index (χ1) is 11.7. The molecular weight excluding hydrogens is 422 g/mol. The van der Waals surface area contributed by atoms with Crippen LogP contribution in [0.25, 0.3) is 0 Å². The molecular formula is C14H26ClN3O5S3. The summed E-state index contributed by atoms with van der Waals surface area (Å²) in [5.41, 5.74) is 0.479. The lowest BCUT2D eigenvalue weighted by Crippen LogP contribution is -2.43. The summed E-state index contributed by atoms with van der Waals surface area (Å²) in [5, 5.41) is 17.2. The number of rotatable bonds is 9. The van der Waals surface area contributed by atoms with Crippen molar-refractivity contribution in [3.63, 3.8) is 0 Å². The molecule has 1 aromatic rings. The van der Waals surface area contributed by atoms with E-state index in [4.69, 9.17) is 10.2 Å². The number of thiophene rings is 1. The van der Waals surface area contributed by atoms with Gasteiger partial charge in [0.1, 0.15) is 8.42 Å². The fraction of sp³-hybridized carbons (Fsp3) is 0.714. The van der Waals surface area contributed by atoms with Crippen LogP contribution in [0.4, 0.5) is 0 Å². The number of nitrogens with two attached hydrogens (primary N) is 1. The van der Waals surface area contributed by atoms with E-state index in [1.807, 2.05) is 6.92 Å². The van der Waals surface area contributed by atoms with Crippen molar-refractivity contribution in [1.82, 2.24) is 9.62 Å². The van der Waals surface area contributed by atoms with Crippen LogP contribution in [0.15, 0.2) is 14.5 Å². The number of hydrogen-bond acceptors (Lipinski definition) is 7. The van der Waals surface area contributed by atoms with Crippen LogP contribution in [0, 0.1) is 0 Å². The zero-order chi connectivity index (χ0) is 18.7.